The molecule has 0 aliphatic heterocycles. The molecule has 1 N–H and O–H groups in total. The van der Waals surface area contributed by atoms with E-state index < -0.39 is 15.6 Å². The predicted molar refractivity (Wildman–Crippen MR) is 97.0 cm³/mol. The van der Waals surface area contributed by atoms with E-state index in [2.05, 4.69) is 9.82 Å². The van der Waals surface area contributed by atoms with E-state index in [-0.39, 0.29) is 10.0 Å². The first kappa shape index (κ1) is 19.2. The Balaban J connectivity index is 2.52. The topological polar surface area (TPSA) is 64.0 Å². The van der Waals surface area contributed by atoms with E-state index in [1.54, 1.807) is 26.1 Å². The van der Waals surface area contributed by atoms with Gasteiger partial charge in [0.25, 0.3) is 0 Å². The van der Waals surface area contributed by atoms with Crippen LogP contribution in [0.5, 0.6) is 0 Å². The van der Waals surface area contributed by atoms with Crippen molar-refractivity contribution in [2.24, 2.45) is 7.05 Å². The van der Waals surface area contributed by atoms with E-state index in [0.717, 1.165) is 5.56 Å². The van der Waals surface area contributed by atoms with Gasteiger partial charge < -0.3 is 0 Å². The zero-order valence-corrected chi connectivity index (χ0v) is 16.4. The number of sulfonamides is 1. The quantitative estimate of drug-likeness (QED) is 0.810. The molecule has 132 valence electrons. The second-order valence-electron chi connectivity index (χ2n) is 5.73. The summed E-state index contributed by atoms with van der Waals surface area (Å²) in [7, 11) is -2.23. The summed E-state index contributed by atoms with van der Waals surface area (Å²) < 4.78 is 30.2. The molecule has 0 atom stereocenters. The summed E-state index contributed by atoms with van der Waals surface area (Å²) >= 11 is 12.1. The third-order valence-electron chi connectivity index (χ3n) is 4.30. The van der Waals surface area contributed by atoms with Gasteiger partial charge in [-0.05, 0) is 37.5 Å². The van der Waals surface area contributed by atoms with Crippen LogP contribution in [0.15, 0.2) is 29.2 Å². The summed E-state index contributed by atoms with van der Waals surface area (Å²) in [6, 6.07) is 7.20. The molecule has 0 spiro atoms. The van der Waals surface area contributed by atoms with E-state index in [1.165, 1.54) is 4.68 Å². The molecule has 24 heavy (non-hydrogen) atoms. The van der Waals surface area contributed by atoms with Crippen molar-refractivity contribution in [3.63, 3.8) is 0 Å². The number of benzene rings is 1. The van der Waals surface area contributed by atoms with Crippen LogP contribution in [0, 0.1) is 6.92 Å². The van der Waals surface area contributed by atoms with E-state index in [0.29, 0.717) is 23.6 Å². The highest BCUT2D eigenvalue weighted by molar-refractivity contribution is 7.89. The summed E-state index contributed by atoms with van der Waals surface area (Å²) in [6.45, 7) is 5.51. The summed E-state index contributed by atoms with van der Waals surface area (Å²) in [5.74, 6) is 0. The minimum atomic E-state index is -3.84. The predicted octanol–water partition coefficient (Wildman–Crippen LogP) is 4.03. The molecule has 0 saturated carbocycles. The largest absolute Gasteiger partial charge is 0.255 e. The van der Waals surface area contributed by atoms with Crippen LogP contribution in [0.25, 0.3) is 0 Å². The van der Waals surface area contributed by atoms with Crippen LogP contribution in [-0.4, -0.2) is 18.2 Å². The number of nitrogens with zero attached hydrogens (tertiary/aromatic N) is 2. The van der Waals surface area contributed by atoms with Crippen molar-refractivity contribution in [3.8, 4) is 0 Å². The number of hydrogen-bond acceptors (Lipinski definition) is 3. The molecular weight excluding hydrogens is 369 g/mol. The van der Waals surface area contributed by atoms with Crippen molar-refractivity contribution in [1.82, 2.24) is 14.5 Å². The van der Waals surface area contributed by atoms with E-state index in [1.807, 2.05) is 26.0 Å². The maximum Gasteiger partial charge on any atom is 0.246 e. The summed E-state index contributed by atoms with van der Waals surface area (Å²) in [4.78, 5) is 0.0203. The number of rotatable bonds is 6. The van der Waals surface area contributed by atoms with Crippen LogP contribution >= 0.6 is 23.2 Å². The van der Waals surface area contributed by atoms with Gasteiger partial charge in [0.15, 0.2) is 0 Å². The second kappa shape index (κ2) is 7.04. The molecule has 0 bridgehead atoms. The van der Waals surface area contributed by atoms with Gasteiger partial charge in [0, 0.05) is 12.1 Å². The maximum absolute atomic E-state index is 13.0. The van der Waals surface area contributed by atoms with Crippen molar-refractivity contribution >= 4 is 33.2 Å². The third-order valence-corrected chi connectivity index (χ3v) is 6.79. The Morgan fingerprint density at radius 3 is 2.12 bits per heavy atom. The SMILES string of the molecule is CCC(CC)(NS(=O)(=O)c1c(C)nn(C)c1Cl)c1ccc(Cl)cc1. The van der Waals surface area contributed by atoms with Crippen molar-refractivity contribution in [1.29, 1.82) is 0 Å². The minimum Gasteiger partial charge on any atom is -0.255 e. The standard InChI is InChI=1S/C16H21Cl2N3O2S/c1-5-16(6-2,12-7-9-13(17)10-8-12)20-24(22,23)14-11(3)19-21(4)15(14)18/h7-10,20H,5-6H2,1-4H3. The van der Waals surface area contributed by atoms with Crippen LogP contribution in [-0.2, 0) is 22.6 Å². The van der Waals surface area contributed by atoms with Crippen molar-refractivity contribution in [2.75, 3.05) is 0 Å². The fourth-order valence-corrected chi connectivity index (χ4v) is 5.27. The monoisotopic (exact) mass is 389 g/mol. The zero-order chi connectivity index (χ0) is 18.1. The minimum absolute atomic E-state index is 0.0203. The number of nitrogens with one attached hydrogen (secondary N) is 1. The molecule has 0 fully saturated rings. The van der Waals surface area contributed by atoms with Crippen molar-refractivity contribution < 1.29 is 8.42 Å². The van der Waals surface area contributed by atoms with Gasteiger partial charge in [0.1, 0.15) is 10.0 Å². The molecular formula is C16H21Cl2N3O2S. The van der Waals surface area contributed by atoms with E-state index in [4.69, 9.17) is 23.2 Å². The number of aromatic nitrogens is 2. The molecule has 0 unspecified atom stereocenters. The molecule has 1 aromatic carbocycles. The van der Waals surface area contributed by atoms with E-state index >= 15 is 0 Å². The summed E-state index contributed by atoms with van der Waals surface area (Å²) in [6.07, 6.45) is 1.17. The first-order valence-corrected chi connectivity index (χ1v) is 9.90. The molecule has 2 aromatic rings. The van der Waals surface area contributed by atoms with Gasteiger partial charge in [-0.25, -0.2) is 13.1 Å². The fraction of sp³-hybridized carbons (Fsp3) is 0.438. The lowest BCUT2D eigenvalue weighted by Crippen LogP contribution is -2.45. The van der Waals surface area contributed by atoms with Gasteiger partial charge in [-0.1, -0.05) is 49.2 Å². The Bertz CT molecular complexity index is 826. The fourth-order valence-electron chi connectivity index (χ4n) is 2.85. The van der Waals surface area contributed by atoms with Gasteiger partial charge >= 0.3 is 0 Å². The van der Waals surface area contributed by atoms with Gasteiger partial charge in [-0.2, -0.15) is 5.10 Å². The number of hydrogen-bond donors (Lipinski definition) is 1. The molecule has 0 aliphatic carbocycles. The Hall–Kier alpha value is -1.08. The molecule has 0 saturated heterocycles. The molecule has 8 heteroatoms. The van der Waals surface area contributed by atoms with Gasteiger partial charge in [0.05, 0.1) is 11.2 Å². The summed E-state index contributed by atoms with van der Waals surface area (Å²) in [5, 5.41) is 4.79. The molecule has 2 rings (SSSR count). The van der Waals surface area contributed by atoms with E-state index in [9.17, 15) is 8.42 Å². The highest BCUT2D eigenvalue weighted by Gasteiger charge is 2.36. The maximum atomic E-state index is 13.0. The Labute approximate surface area is 153 Å². The lowest BCUT2D eigenvalue weighted by molar-refractivity contribution is 0.365. The Morgan fingerprint density at radius 1 is 1.17 bits per heavy atom. The Morgan fingerprint density at radius 2 is 1.71 bits per heavy atom. The lowest BCUT2D eigenvalue weighted by atomic mass is 9.86. The summed E-state index contributed by atoms with van der Waals surface area (Å²) in [5.41, 5.74) is 0.486. The average molecular weight is 390 g/mol. The third kappa shape index (κ3) is 3.47. The molecule has 0 aliphatic rings. The van der Waals surface area contributed by atoms with Crippen LogP contribution < -0.4 is 4.72 Å². The molecule has 1 heterocycles. The number of halogens is 2. The van der Waals surface area contributed by atoms with Gasteiger partial charge in [-0.3, -0.25) is 4.68 Å². The number of aryl methyl sites for hydroxylation is 2. The van der Waals surface area contributed by atoms with Crippen LogP contribution in [0.2, 0.25) is 10.2 Å². The first-order valence-electron chi connectivity index (χ1n) is 7.66. The molecule has 5 nitrogen and oxygen atoms in total. The van der Waals surface area contributed by atoms with Gasteiger partial charge in [0.2, 0.25) is 10.0 Å². The Kier molecular flexibility index (Phi) is 5.64. The molecule has 1 aromatic heterocycles. The molecule has 0 amide bonds. The molecule has 0 radical (unpaired) electrons. The smallest absolute Gasteiger partial charge is 0.246 e. The highest BCUT2D eigenvalue weighted by atomic mass is 35.5. The van der Waals surface area contributed by atoms with Crippen molar-refractivity contribution in [2.45, 2.75) is 44.0 Å². The van der Waals surface area contributed by atoms with Gasteiger partial charge in [-0.15, -0.1) is 0 Å². The first-order chi connectivity index (χ1) is 11.2. The average Bonchev–Trinajstić information content (AvgIpc) is 2.79. The highest BCUT2D eigenvalue weighted by Crippen LogP contribution is 2.33. The van der Waals surface area contributed by atoms with Crippen molar-refractivity contribution in [3.05, 3.63) is 45.7 Å². The normalized spacial score (nSPS) is 12.6. The zero-order valence-electron chi connectivity index (χ0n) is 14.1. The second-order valence-corrected chi connectivity index (χ2v) is 8.14. The van der Waals surface area contributed by atoms with Crippen LogP contribution in [0.3, 0.4) is 0 Å². The lowest BCUT2D eigenvalue weighted by Gasteiger charge is -2.33. The van der Waals surface area contributed by atoms with Crippen LogP contribution in [0.1, 0.15) is 37.9 Å². The van der Waals surface area contributed by atoms with Crippen LogP contribution in [0.4, 0.5) is 0 Å².